The van der Waals surface area contributed by atoms with Crippen LogP contribution in [0.15, 0.2) is 53.6 Å². The van der Waals surface area contributed by atoms with Crippen LogP contribution in [0, 0.1) is 16.7 Å². The third-order valence-corrected chi connectivity index (χ3v) is 5.67. The van der Waals surface area contributed by atoms with Crippen LogP contribution in [0.2, 0.25) is 0 Å². The number of benzene rings is 1. The first-order chi connectivity index (χ1) is 14.0. The summed E-state index contributed by atoms with van der Waals surface area (Å²) in [6.07, 6.45) is 6.67. The van der Waals surface area contributed by atoms with E-state index in [1.165, 1.54) is 11.1 Å². The van der Waals surface area contributed by atoms with Crippen LogP contribution in [0.4, 0.5) is 0 Å². The highest BCUT2D eigenvalue weighted by Crippen LogP contribution is 2.52. The van der Waals surface area contributed by atoms with E-state index < -0.39 is 11.5 Å². The highest BCUT2D eigenvalue weighted by Gasteiger charge is 2.53. The number of allylic oxidation sites excluding steroid dienone is 2. The fourth-order valence-corrected chi connectivity index (χ4v) is 4.58. The van der Waals surface area contributed by atoms with E-state index in [1.54, 1.807) is 0 Å². The monoisotopic (exact) mass is 412 g/mol. The van der Waals surface area contributed by atoms with Gasteiger partial charge < -0.3 is 0 Å². The number of Topliss-reactive ketones (excluding diaryl/α,β-unsaturated/α-hetero) is 1. The van der Waals surface area contributed by atoms with Crippen LogP contribution in [0.25, 0.3) is 0 Å². The summed E-state index contributed by atoms with van der Waals surface area (Å²) in [6, 6.07) is 9.54. The third-order valence-electron chi connectivity index (χ3n) is 5.67. The van der Waals surface area contributed by atoms with Crippen molar-refractivity contribution in [3.8, 4) is 0 Å². The number of carbonyl (C=O) groups is 1. The van der Waals surface area contributed by atoms with Crippen molar-refractivity contribution in [3.05, 3.63) is 59.2 Å². The first kappa shape index (κ1) is 24.6. The lowest BCUT2D eigenvalue weighted by molar-refractivity contribution is -0.360. The number of hydrogen-bond acceptors (Lipinski definition) is 3. The maximum Gasteiger partial charge on any atom is 0.173 e. The van der Waals surface area contributed by atoms with Crippen molar-refractivity contribution in [3.63, 3.8) is 0 Å². The standard InChI is InChI=1S/C27H40O3/c1-9-18-27(30-29-19-10-2)21(23(28)20-14-12-11-13-15-20)16-17-22(25(3,4)5)24(27)26(6,7)8/h11-17,21H,9-10,18-19H2,1-8H3. The van der Waals surface area contributed by atoms with Gasteiger partial charge in [-0.2, -0.15) is 0 Å². The minimum atomic E-state index is -0.827. The Morgan fingerprint density at radius 2 is 1.60 bits per heavy atom. The third kappa shape index (κ3) is 5.12. The Kier molecular flexibility index (Phi) is 7.87. The molecule has 30 heavy (non-hydrogen) atoms. The molecule has 166 valence electrons. The van der Waals surface area contributed by atoms with Gasteiger partial charge in [0.1, 0.15) is 5.60 Å². The van der Waals surface area contributed by atoms with Gasteiger partial charge in [0.25, 0.3) is 0 Å². The van der Waals surface area contributed by atoms with Crippen molar-refractivity contribution in [2.24, 2.45) is 16.7 Å². The molecule has 0 amide bonds. The maximum atomic E-state index is 13.7. The van der Waals surface area contributed by atoms with Crippen LogP contribution in [-0.2, 0) is 9.78 Å². The summed E-state index contributed by atoms with van der Waals surface area (Å²) in [4.78, 5) is 25.8. The second-order valence-electron chi connectivity index (χ2n) is 10.4. The van der Waals surface area contributed by atoms with Gasteiger partial charge in [-0.25, -0.2) is 9.78 Å². The van der Waals surface area contributed by atoms with Crippen molar-refractivity contribution in [1.82, 2.24) is 0 Å². The molecule has 0 radical (unpaired) electrons. The molecule has 1 aromatic rings. The smallest absolute Gasteiger partial charge is 0.173 e. The molecule has 0 saturated carbocycles. The Hall–Kier alpha value is -1.71. The second-order valence-corrected chi connectivity index (χ2v) is 10.4. The average molecular weight is 413 g/mol. The molecule has 0 fully saturated rings. The van der Waals surface area contributed by atoms with Crippen LogP contribution in [-0.4, -0.2) is 18.0 Å². The van der Waals surface area contributed by atoms with Crippen molar-refractivity contribution in [2.45, 2.75) is 80.3 Å². The summed E-state index contributed by atoms with van der Waals surface area (Å²) in [6.45, 7) is 18.0. The second kappa shape index (κ2) is 9.62. The van der Waals surface area contributed by atoms with E-state index >= 15 is 0 Å². The van der Waals surface area contributed by atoms with Crippen molar-refractivity contribution >= 4 is 5.78 Å². The molecular formula is C27H40O3. The average Bonchev–Trinajstić information content (AvgIpc) is 2.66. The lowest BCUT2D eigenvalue weighted by Gasteiger charge is -2.49. The number of carbonyl (C=O) groups excluding carboxylic acids is 1. The highest BCUT2D eigenvalue weighted by atomic mass is 17.2. The first-order valence-corrected chi connectivity index (χ1v) is 11.3. The Bertz CT molecular complexity index is 775. The van der Waals surface area contributed by atoms with Crippen molar-refractivity contribution in [2.75, 3.05) is 6.61 Å². The zero-order chi connectivity index (χ0) is 22.6. The molecule has 0 N–H and O–H groups in total. The molecule has 1 aliphatic carbocycles. The van der Waals surface area contributed by atoms with Gasteiger partial charge in [0.15, 0.2) is 5.78 Å². The maximum absolute atomic E-state index is 13.7. The van der Waals surface area contributed by atoms with Gasteiger partial charge in [-0.05, 0) is 34.8 Å². The highest BCUT2D eigenvalue weighted by molar-refractivity contribution is 6.00. The van der Waals surface area contributed by atoms with Crippen LogP contribution in [0.5, 0.6) is 0 Å². The Balaban J connectivity index is 2.75. The van der Waals surface area contributed by atoms with Gasteiger partial charge in [0, 0.05) is 5.56 Å². The summed E-state index contributed by atoms with van der Waals surface area (Å²) in [5.74, 6) is -0.355. The van der Waals surface area contributed by atoms with Gasteiger partial charge in [-0.15, -0.1) is 0 Å². The van der Waals surface area contributed by atoms with Crippen LogP contribution >= 0.6 is 0 Å². The molecular weight excluding hydrogens is 372 g/mol. The molecule has 0 heterocycles. The van der Waals surface area contributed by atoms with E-state index in [9.17, 15) is 4.79 Å². The predicted octanol–water partition coefficient (Wildman–Crippen LogP) is 7.34. The van der Waals surface area contributed by atoms with Crippen molar-refractivity contribution in [1.29, 1.82) is 0 Å². The molecule has 2 unspecified atom stereocenters. The number of ketones is 1. The molecule has 2 atom stereocenters. The van der Waals surface area contributed by atoms with Gasteiger partial charge in [0.2, 0.25) is 0 Å². The molecule has 0 bridgehead atoms. The Labute approximate surface area is 183 Å². The van der Waals surface area contributed by atoms with E-state index in [1.807, 2.05) is 30.3 Å². The largest absolute Gasteiger partial charge is 0.293 e. The molecule has 1 aromatic carbocycles. The van der Waals surface area contributed by atoms with Crippen LogP contribution in [0.3, 0.4) is 0 Å². The molecule has 3 heteroatoms. The summed E-state index contributed by atoms with van der Waals surface area (Å²) in [5.41, 5.74) is 2.03. The predicted molar refractivity (Wildman–Crippen MR) is 124 cm³/mol. The van der Waals surface area contributed by atoms with E-state index in [2.05, 4.69) is 67.5 Å². The molecule has 0 aliphatic heterocycles. The first-order valence-electron chi connectivity index (χ1n) is 11.3. The van der Waals surface area contributed by atoms with Gasteiger partial charge in [-0.1, -0.05) is 104 Å². The van der Waals surface area contributed by atoms with Crippen LogP contribution in [0.1, 0.15) is 85.0 Å². The fraction of sp³-hybridized carbons (Fsp3) is 0.593. The zero-order valence-corrected chi connectivity index (χ0v) is 20.2. The Morgan fingerprint density at radius 3 is 2.10 bits per heavy atom. The quantitative estimate of drug-likeness (QED) is 0.194. The fourth-order valence-electron chi connectivity index (χ4n) is 4.58. The van der Waals surface area contributed by atoms with Crippen molar-refractivity contribution < 1.29 is 14.6 Å². The molecule has 0 saturated heterocycles. The summed E-state index contributed by atoms with van der Waals surface area (Å²) < 4.78 is 0. The zero-order valence-electron chi connectivity index (χ0n) is 20.2. The lowest BCUT2D eigenvalue weighted by Crippen LogP contribution is -2.51. The lowest BCUT2D eigenvalue weighted by atomic mass is 9.60. The minimum Gasteiger partial charge on any atom is -0.293 e. The van der Waals surface area contributed by atoms with Crippen LogP contribution < -0.4 is 0 Å². The van der Waals surface area contributed by atoms with Gasteiger partial charge in [0.05, 0.1) is 12.5 Å². The summed E-state index contributed by atoms with van der Waals surface area (Å²) in [7, 11) is 0. The molecule has 0 spiro atoms. The van der Waals surface area contributed by atoms with E-state index in [0.717, 1.165) is 19.3 Å². The SMILES string of the molecule is CCCOOC1(CCC)C(C(C)(C)C)=C(C(C)(C)C)C=CC1C(=O)c1ccccc1. The number of hydrogen-bond donors (Lipinski definition) is 0. The topological polar surface area (TPSA) is 35.5 Å². The number of rotatable bonds is 8. The minimum absolute atomic E-state index is 0.0764. The Morgan fingerprint density at radius 1 is 0.967 bits per heavy atom. The normalized spacial score (nSPS) is 22.5. The van der Waals surface area contributed by atoms with E-state index in [0.29, 0.717) is 12.2 Å². The molecule has 1 aliphatic rings. The summed E-state index contributed by atoms with van der Waals surface area (Å²) in [5, 5.41) is 0. The molecule has 0 aromatic heterocycles. The van der Waals surface area contributed by atoms with Gasteiger partial charge in [-0.3, -0.25) is 4.79 Å². The summed E-state index contributed by atoms with van der Waals surface area (Å²) >= 11 is 0. The molecule has 3 nitrogen and oxygen atoms in total. The van der Waals surface area contributed by atoms with Gasteiger partial charge >= 0.3 is 0 Å². The van der Waals surface area contributed by atoms with E-state index in [-0.39, 0.29) is 16.6 Å². The van der Waals surface area contributed by atoms with E-state index in [4.69, 9.17) is 9.78 Å². The molecule has 2 rings (SSSR count).